The Morgan fingerprint density at radius 1 is 0.818 bits per heavy atom. The highest BCUT2D eigenvalue weighted by Crippen LogP contribution is 2.42. The van der Waals surface area contributed by atoms with Gasteiger partial charge in [-0.1, -0.05) is 11.6 Å². The molecule has 0 aliphatic rings. The van der Waals surface area contributed by atoms with Crippen LogP contribution in [0, 0.1) is 13.8 Å². The first-order chi connectivity index (χ1) is 15.9. The van der Waals surface area contributed by atoms with Gasteiger partial charge in [-0.25, -0.2) is 9.50 Å². The smallest absolute Gasteiger partial charge is 0.249 e. The number of imidazole rings is 1. The zero-order chi connectivity index (χ0) is 23.7. The van der Waals surface area contributed by atoms with Crippen molar-refractivity contribution < 1.29 is 23.7 Å². The van der Waals surface area contributed by atoms with E-state index in [2.05, 4.69) is 15.1 Å². The van der Waals surface area contributed by atoms with Gasteiger partial charge in [-0.3, -0.25) is 0 Å². The Morgan fingerprint density at radius 2 is 1.48 bits per heavy atom. The van der Waals surface area contributed by atoms with Crippen LogP contribution in [0.3, 0.4) is 0 Å². The minimum Gasteiger partial charge on any atom is -0.495 e. The molecule has 0 saturated heterocycles. The lowest BCUT2D eigenvalue weighted by molar-refractivity contribution is 0.320. The SMILES string of the molecule is COc1ccc(-c2nc(Oc3cc(OC)c(OC)c(OC)c3)c3c(C)nc(C)n3n2)cc1Cl. The summed E-state index contributed by atoms with van der Waals surface area (Å²) >= 11 is 6.33. The summed E-state index contributed by atoms with van der Waals surface area (Å²) in [6.07, 6.45) is 0. The molecule has 2 heterocycles. The number of halogens is 1. The molecule has 0 radical (unpaired) electrons. The van der Waals surface area contributed by atoms with Gasteiger partial charge < -0.3 is 23.7 Å². The summed E-state index contributed by atoms with van der Waals surface area (Å²) in [5.74, 6) is 3.81. The molecule has 2 aromatic carbocycles. The summed E-state index contributed by atoms with van der Waals surface area (Å²) in [5.41, 5.74) is 2.07. The predicted octanol–water partition coefficient (Wildman–Crippen LogP) is 4.89. The largest absolute Gasteiger partial charge is 0.495 e. The van der Waals surface area contributed by atoms with Crippen molar-refractivity contribution in [3.05, 3.63) is 46.9 Å². The molecule has 0 saturated carbocycles. The molecule has 0 unspecified atom stereocenters. The summed E-state index contributed by atoms with van der Waals surface area (Å²) in [6.45, 7) is 3.73. The third-order valence-corrected chi connectivity index (χ3v) is 5.35. The van der Waals surface area contributed by atoms with E-state index in [1.165, 1.54) is 0 Å². The van der Waals surface area contributed by atoms with Gasteiger partial charge in [0.05, 0.1) is 39.2 Å². The molecule has 10 heteroatoms. The standard InChI is InChI=1S/C23H23ClN4O5/c1-12-20-23(33-15-10-18(30-4)21(32-6)19(11-15)31-5)26-22(27-28(20)13(2)25-12)14-7-8-17(29-3)16(24)9-14/h7-11H,1-6H3. The third kappa shape index (κ3) is 4.07. The van der Waals surface area contributed by atoms with Crippen molar-refractivity contribution in [1.82, 2.24) is 19.6 Å². The Balaban J connectivity index is 1.88. The van der Waals surface area contributed by atoms with Gasteiger partial charge in [-0.15, -0.1) is 5.10 Å². The van der Waals surface area contributed by atoms with Crippen LogP contribution in [-0.2, 0) is 0 Å². The molecule has 0 atom stereocenters. The monoisotopic (exact) mass is 470 g/mol. The van der Waals surface area contributed by atoms with Crippen molar-refractivity contribution in [1.29, 1.82) is 0 Å². The van der Waals surface area contributed by atoms with E-state index in [1.807, 2.05) is 19.9 Å². The molecule has 2 aromatic heterocycles. The number of fused-ring (bicyclic) bond motifs is 1. The molecule has 0 bridgehead atoms. The number of aryl methyl sites for hydroxylation is 2. The second-order valence-electron chi connectivity index (χ2n) is 7.06. The first-order valence-corrected chi connectivity index (χ1v) is 10.3. The number of nitrogens with zero attached hydrogens (tertiary/aromatic N) is 4. The summed E-state index contributed by atoms with van der Waals surface area (Å²) in [4.78, 5) is 9.22. The van der Waals surface area contributed by atoms with E-state index < -0.39 is 0 Å². The van der Waals surface area contributed by atoms with Gasteiger partial charge in [0.1, 0.15) is 17.3 Å². The van der Waals surface area contributed by atoms with Crippen LogP contribution in [0.15, 0.2) is 30.3 Å². The van der Waals surface area contributed by atoms with Crippen LogP contribution in [0.4, 0.5) is 0 Å². The van der Waals surface area contributed by atoms with Crippen molar-refractivity contribution in [2.24, 2.45) is 0 Å². The van der Waals surface area contributed by atoms with E-state index >= 15 is 0 Å². The van der Waals surface area contributed by atoms with Crippen LogP contribution in [0.5, 0.6) is 34.6 Å². The average molecular weight is 471 g/mol. The first kappa shape index (κ1) is 22.5. The van der Waals surface area contributed by atoms with Gasteiger partial charge in [0.15, 0.2) is 22.8 Å². The third-order valence-electron chi connectivity index (χ3n) is 5.06. The fourth-order valence-corrected chi connectivity index (χ4v) is 3.78. The van der Waals surface area contributed by atoms with Crippen LogP contribution in [0.1, 0.15) is 11.5 Å². The molecule has 4 rings (SSSR count). The Kier molecular flexibility index (Phi) is 6.15. The van der Waals surface area contributed by atoms with Crippen LogP contribution >= 0.6 is 11.6 Å². The predicted molar refractivity (Wildman–Crippen MR) is 123 cm³/mol. The molecular weight excluding hydrogens is 448 g/mol. The summed E-state index contributed by atoms with van der Waals surface area (Å²) in [7, 11) is 6.18. The van der Waals surface area contributed by atoms with E-state index in [4.69, 9.17) is 35.3 Å². The second kappa shape index (κ2) is 9.03. The van der Waals surface area contributed by atoms with Crippen molar-refractivity contribution >= 4 is 17.1 Å². The molecule has 4 aromatic rings. The maximum absolute atomic E-state index is 6.33. The quantitative estimate of drug-likeness (QED) is 0.377. The van der Waals surface area contributed by atoms with Crippen LogP contribution < -0.4 is 23.7 Å². The highest BCUT2D eigenvalue weighted by atomic mass is 35.5. The molecule has 33 heavy (non-hydrogen) atoms. The lowest BCUT2D eigenvalue weighted by atomic mass is 10.2. The Bertz CT molecular complexity index is 1310. The molecule has 0 N–H and O–H groups in total. The topological polar surface area (TPSA) is 89.2 Å². The molecule has 0 aliphatic heterocycles. The van der Waals surface area contributed by atoms with Gasteiger partial charge in [0, 0.05) is 17.7 Å². The average Bonchev–Trinajstić information content (AvgIpc) is 3.11. The van der Waals surface area contributed by atoms with E-state index in [0.29, 0.717) is 62.4 Å². The van der Waals surface area contributed by atoms with E-state index in [0.717, 1.165) is 5.69 Å². The van der Waals surface area contributed by atoms with E-state index in [1.54, 1.807) is 57.2 Å². The molecule has 0 spiro atoms. The van der Waals surface area contributed by atoms with Crippen molar-refractivity contribution in [2.45, 2.75) is 13.8 Å². The maximum Gasteiger partial charge on any atom is 0.249 e. The van der Waals surface area contributed by atoms with Crippen LogP contribution in [-0.4, -0.2) is 48.0 Å². The number of hydrogen-bond acceptors (Lipinski definition) is 8. The fraction of sp³-hybridized carbons (Fsp3) is 0.261. The highest BCUT2D eigenvalue weighted by molar-refractivity contribution is 6.32. The zero-order valence-corrected chi connectivity index (χ0v) is 19.9. The van der Waals surface area contributed by atoms with Gasteiger partial charge in [-0.2, -0.15) is 4.98 Å². The van der Waals surface area contributed by atoms with Gasteiger partial charge in [0.2, 0.25) is 11.6 Å². The van der Waals surface area contributed by atoms with Gasteiger partial charge in [0.25, 0.3) is 0 Å². The lowest BCUT2D eigenvalue weighted by Gasteiger charge is -2.15. The Hall–Kier alpha value is -3.72. The van der Waals surface area contributed by atoms with Crippen LogP contribution in [0.2, 0.25) is 5.02 Å². The molecule has 0 amide bonds. The Labute approximate surface area is 195 Å². The number of rotatable bonds is 7. The van der Waals surface area contributed by atoms with Crippen LogP contribution in [0.25, 0.3) is 16.9 Å². The summed E-state index contributed by atoms with van der Waals surface area (Å²) < 4.78 is 29.4. The van der Waals surface area contributed by atoms with Crippen molar-refractivity contribution in [2.75, 3.05) is 28.4 Å². The number of benzene rings is 2. The second-order valence-corrected chi connectivity index (χ2v) is 7.47. The van der Waals surface area contributed by atoms with Crippen molar-refractivity contribution in [3.8, 4) is 46.0 Å². The van der Waals surface area contributed by atoms with Crippen molar-refractivity contribution in [3.63, 3.8) is 0 Å². The van der Waals surface area contributed by atoms with E-state index in [-0.39, 0.29) is 0 Å². The highest BCUT2D eigenvalue weighted by Gasteiger charge is 2.20. The molecular formula is C23H23ClN4O5. The zero-order valence-electron chi connectivity index (χ0n) is 19.1. The Morgan fingerprint density at radius 3 is 2.06 bits per heavy atom. The number of ether oxygens (including phenoxy) is 5. The van der Waals surface area contributed by atoms with Gasteiger partial charge >= 0.3 is 0 Å². The van der Waals surface area contributed by atoms with Gasteiger partial charge in [-0.05, 0) is 32.0 Å². The maximum atomic E-state index is 6.33. The number of hydrogen-bond donors (Lipinski definition) is 0. The van der Waals surface area contributed by atoms with E-state index in [9.17, 15) is 0 Å². The normalized spacial score (nSPS) is 10.9. The molecule has 0 fully saturated rings. The summed E-state index contributed by atoms with van der Waals surface area (Å²) in [6, 6.07) is 8.72. The summed E-state index contributed by atoms with van der Waals surface area (Å²) in [5, 5.41) is 5.10. The minimum absolute atomic E-state index is 0.319. The lowest BCUT2D eigenvalue weighted by Crippen LogP contribution is -2.04. The molecule has 172 valence electrons. The molecule has 0 aliphatic carbocycles. The fourth-order valence-electron chi connectivity index (χ4n) is 3.52. The minimum atomic E-state index is 0.319. The number of methoxy groups -OCH3 is 4. The molecule has 9 nitrogen and oxygen atoms in total. The number of aromatic nitrogens is 4. The first-order valence-electron chi connectivity index (χ1n) is 9.95.